The normalized spacial score (nSPS) is 20.4. The van der Waals surface area contributed by atoms with Crippen LogP contribution in [0, 0.1) is 6.92 Å². The van der Waals surface area contributed by atoms with E-state index < -0.39 is 0 Å². The summed E-state index contributed by atoms with van der Waals surface area (Å²) in [7, 11) is 0. The predicted octanol–water partition coefficient (Wildman–Crippen LogP) is 1.43. The molecule has 3 heterocycles. The molecular formula is C13H17N5. The van der Waals surface area contributed by atoms with Crippen molar-refractivity contribution in [1.82, 2.24) is 24.6 Å². The second-order valence-corrected chi connectivity index (χ2v) is 4.80. The van der Waals surface area contributed by atoms with E-state index >= 15 is 0 Å². The van der Waals surface area contributed by atoms with Gasteiger partial charge in [0.1, 0.15) is 5.82 Å². The molecule has 1 saturated heterocycles. The third kappa shape index (κ3) is 2.41. The molecule has 0 amide bonds. The highest BCUT2D eigenvalue weighted by Gasteiger charge is 2.23. The number of nitrogens with zero attached hydrogens (tertiary/aromatic N) is 5. The molecular weight excluding hydrogens is 226 g/mol. The van der Waals surface area contributed by atoms with Gasteiger partial charge in [0.05, 0.1) is 6.04 Å². The fourth-order valence-corrected chi connectivity index (χ4v) is 2.43. The highest BCUT2D eigenvalue weighted by Crippen LogP contribution is 2.21. The maximum atomic E-state index is 4.32. The summed E-state index contributed by atoms with van der Waals surface area (Å²) < 4.78 is 2.06. The topological polar surface area (TPSA) is 46.8 Å². The van der Waals surface area contributed by atoms with Gasteiger partial charge < -0.3 is 0 Å². The van der Waals surface area contributed by atoms with Gasteiger partial charge in [0.25, 0.3) is 0 Å². The van der Waals surface area contributed by atoms with Crippen LogP contribution in [0.1, 0.15) is 23.9 Å². The maximum absolute atomic E-state index is 4.32. The summed E-state index contributed by atoms with van der Waals surface area (Å²) in [6, 6.07) is 2.49. The molecule has 0 aromatic carbocycles. The molecule has 0 saturated carbocycles. The first-order chi connectivity index (χ1) is 8.81. The minimum Gasteiger partial charge on any atom is -0.297 e. The van der Waals surface area contributed by atoms with Gasteiger partial charge in [-0.2, -0.15) is 5.10 Å². The Morgan fingerprint density at radius 1 is 1.33 bits per heavy atom. The third-order valence-corrected chi connectivity index (χ3v) is 3.39. The van der Waals surface area contributed by atoms with E-state index in [1.165, 1.54) is 5.56 Å². The fraction of sp³-hybridized carbons (Fsp3) is 0.462. The van der Waals surface area contributed by atoms with E-state index in [-0.39, 0.29) is 0 Å². The van der Waals surface area contributed by atoms with E-state index in [4.69, 9.17) is 0 Å². The number of hydrogen-bond acceptors (Lipinski definition) is 4. The lowest BCUT2D eigenvalue weighted by Crippen LogP contribution is -2.21. The molecule has 2 aromatic rings. The Bertz CT molecular complexity index is 491. The van der Waals surface area contributed by atoms with E-state index in [0.29, 0.717) is 6.04 Å². The summed E-state index contributed by atoms with van der Waals surface area (Å²) in [5.74, 6) is 0.828. The van der Waals surface area contributed by atoms with Gasteiger partial charge in [-0.15, -0.1) is 0 Å². The van der Waals surface area contributed by atoms with Crippen molar-refractivity contribution in [3.8, 4) is 0 Å². The van der Waals surface area contributed by atoms with Gasteiger partial charge in [0.15, 0.2) is 0 Å². The Hall–Kier alpha value is -1.75. The second-order valence-electron chi connectivity index (χ2n) is 4.80. The molecule has 5 heteroatoms. The van der Waals surface area contributed by atoms with Crippen molar-refractivity contribution in [2.24, 2.45) is 0 Å². The van der Waals surface area contributed by atoms with Gasteiger partial charge in [-0.1, -0.05) is 0 Å². The number of aryl methyl sites for hydroxylation is 1. The van der Waals surface area contributed by atoms with Crippen molar-refractivity contribution in [1.29, 1.82) is 0 Å². The average Bonchev–Trinajstić information content (AvgIpc) is 3.02. The number of hydrogen-bond donors (Lipinski definition) is 0. The molecule has 18 heavy (non-hydrogen) atoms. The van der Waals surface area contributed by atoms with Gasteiger partial charge in [-0.3, -0.25) is 9.58 Å². The lowest BCUT2D eigenvalue weighted by molar-refractivity contribution is 0.311. The molecule has 0 bridgehead atoms. The highest BCUT2D eigenvalue weighted by atomic mass is 15.3. The highest BCUT2D eigenvalue weighted by molar-refractivity contribution is 5.05. The molecule has 1 fully saturated rings. The van der Waals surface area contributed by atoms with E-state index in [1.54, 1.807) is 0 Å². The van der Waals surface area contributed by atoms with Crippen LogP contribution in [0.15, 0.2) is 30.9 Å². The lowest BCUT2D eigenvalue weighted by Gasteiger charge is -2.15. The fourth-order valence-electron chi connectivity index (χ4n) is 2.43. The van der Waals surface area contributed by atoms with Crippen LogP contribution < -0.4 is 0 Å². The van der Waals surface area contributed by atoms with Gasteiger partial charge in [-0.05, 0) is 19.4 Å². The maximum Gasteiger partial charge on any atom is 0.125 e. The van der Waals surface area contributed by atoms with E-state index in [9.17, 15) is 0 Å². The lowest BCUT2D eigenvalue weighted by atomic mass is 10.3. The number of likely N-dealkylation sites (tertiary alicyclic amines) is 1. The predicted molar refractivity (Wildman–Crippen MR) is 67.9 cm³/mol. The van der Waals surface area contributed by atoms with Gasteiger partial charge in [-0.25, -0.2) is 9.97 Å². The molecule has 0 aliphatic carbocycles. The molecule has 0 N–H and O–H groups in total. The van der Waals surface area contributed by atoms with Crippen LogP contribution in [0.4, 0.5) is 0 Å². The molecule has 0 radical (unpaired) electrons. The standard InChI is InChI=1S/C13H17N5/c1-11-14-7-12(8-15-11)9-17-6-3-13(10-17)18-5-2-4-16-18/h2,4-5,7-8,13H,3,6,9-10H2,1H3. The SMILES string of the molecule is Cc1ncc(CN2CCC(n3cccn3)C2)cn1. The molecule has 5 nitrogen and oxygen atoms in total. The summed E-state index contributed by atoms with van der Waals surface area (Å²) in [6.45, 7) is 5.00. The van der Waals surface area contributed by atoms with Crippen molar-refractivity contribution in [3.05, 3.63) is 42.2 Å². The van der Waals surface area contributed by atoms with Crippen LogP contribution in [0.25, 0.3) is 0 Å². The Kier molecular flexibility index (Phi) is 3.06. The zero-order valence-electron chi connectivity index (χ0n) is 10.5. The molecule has 3 rings (SSSR count). The Morgan fingerprint density at radius 2 is 2.17 bits per heavy atom. The van der Waals surface area contributed by atoms with Gasteiger partial charge in [0, 0.05) is 50.0 Å². The third-order valence-electron chi connectivity index (χ3n) is 3.39. The van der Waals surface area contributed by atoms with Crippen LogP contribution in [0.5, 0.6) is 0 Å². The van der Waals surface area contributed by atoms with Crippen LogP contribution in [-0.2, 0) is 6.54 Å². The first kappa shape index (κ1) is 11.3. The van der Waals surface area contributed by atoms with E-state index in [1.807, 2.05) is 37.8 Å². The van der Waals surface area contributed by atoms with Crippen LogP contribution in [0.2, 0.25) is 0 Å². The Labute approximate surface area is 106 Å². The molecule has 0 spiro atoms. The monoisotopic (exact) mass is 243 g/mol. The van der Waals surface area contributed by atoms with Crippen LogP contribution in [-0.4, -0.2) is 37.7 Å². The Balaban J connectivity index is 1.61. The summed E-state index contributed by atoms with van der Waals surface area (Å²) in [6.07, 6.45) is 8.89. The van der Waals surface area contributed by atoms with Crippen molar-refractivity contribution >= 4 is 0 Å². The van der Waals surface area contributed by atoms with Crippen molar-refractivity contribution in [2.45, 2.75) is 25.9 Å². The van der Waals surface area contributed by atoms with Crippen LogP contribution >= 0.6 is 0 Å². The van der Waals surface area contributed by atoms with Crippen molar-refractivity contribution < 1.29 is 0 Å². The van der Waals surface area contributed by atoms with Gasteiger partial charge >= 0.3 is 0 Å². The smallest absolute Gasteiger partial charge is 0.125 e. The molecule has 1 aliphatic heterocycles. The summed E-state index contributed by atoms with van der Waals surface area (Å²) in [4.78, 5) is 10.9. The van der Waals surface area contributed by atoms with Crippen molar-refractivity contribution in [3.63, 3.8) is 0 Å². The number of rotatable bonds is 3. The second kappa shape index (κ2) is 4.86. The summed E-state index contributed by atoms with van der Waals surface area (Å²) >= 11 is 0. The minimum absolute atomic E-state index is 0.506. The number of aromatic nitrogens is 4. The zero-order chi connectivity index (χ0) is 12.4. The summed E-state index contributed by atoms with van der Waals surface area (Å²) in [5, 5.41) is 4.32. The molecule has 1 atom stereocenters. The first-order valence-electron chi connectivity index (χ1n) is 6.30. The minimum atomic E-state index is 0.506. The first-order valence-corrected chi connectivity index (χ1v) is 6.30. The molecule has 1 aliphatic rings. The Morgan fingerprint density at radius 3 is 2.89 bits per heavy atom. The van der Waals surface area contributed by atoms with E-state index in [2.05, 4.69) is 24.6 Å². The average molecular weight is 243 g/mol. The zero-order valence-corrected chi connectivity index (χ0v) is 10.5. The largest absolute Gasteiger partial charge is 0.297 e. The molecule has 1 unspecified atom stereocenters. The van der Waals surface area contributed by atoms with E-state index in [0.717, 1.165) is 31.9 Å². The van der Waals surface area contributed by atoms with Crippen LogP contribution in [0.3, 0.4) is 0 Å². The molecule has 94 valence electrons. The quantitative estimate of drug-likeness (QED) is 0.818. The summed E-state index contributed by atoms with van der Waals surface area (Å²) in [5.41, 5.74) is 1.18. The molecule has 2 aromatic heterocycles. The van der Waals surface area contributed by atoms with Gasteiger partial charge in [0.2, 0.25) is 0 Å². The van der Waals surface area contributed by atoms with Crippen molar-refractivity contribution in [2.75, 3.05) is 13.1 Å².